The zero-order valence-corrected chi connectivity index (χ0v) is 14.2. The first-order chi connectivity index (χ1) is 12.4. The highest BCUT2D eigenvalue weighted by Crippen LogP contribution is 2.27. The molecule has 0 aliphatic rings. The Balaban J connectivity index is 2.03. The Morgan fingerprint density at radius 3 is 2.58 bits per heavy atom. The molecular formula is C17H13ClN3O5-. The number of hydrazone groups is 1. The van der Waals surface area contributed by atoms with Crippen molar-refractivity contribution < 1.29 is 24.2 Å². The molecule has 8 nitrogen and oxygen atoms in total. The van der Waals surface area contributed by atoms with Crippen molar-refractivity contribution in [3.8, 4) is 5.75 Å². The Bertz CT molecular complexity index is 882. The number of carbonyl (C=O) groups is 3. The molecule has 0 atom stereocenters. The molecule has 0 aliphatic carbocycles. The summed E-state index contributed by atoms with van der Waals surface area (Å²) >= 11 is 5.84. The molecule has 26 heavy (non-hydrogen) atoms. The Labute approximate surface area is 153 Å². The van der Waals surface area contributed by atoms with Crippen LogP contribution in [0.15, 0.2) is 47.6 Å². The number of amides is 2. The van der Waals surface area contributed by atoms with E-state index in [1.165, 1.54) is 37.4 Å². The summed E-state index contributed by atoms with van der Waals surface area (Å²) in [4.78, 5) is 34.7. The van der Waals surface area contributed by atoms with Crippen molar-refractivity contribution in [2.45, 2.75) is 0 Å². The van der Waals surface area contributed by atoms with Crippen LogP contribution < -0.4 is 20.6 Å². The van der Waals surface area contributed by atoms with Gasteiger partial charge in [-0.3, -0.25) is 9.59 Å². The largest absolute Gasteiger partial charge is 0.545 e. The molecule has 0 spiro atoms. The quantitative estimate of drug-likeness (QED) is 0.455. The second-order valence-corrected chi connectivity index (χ2v) is 5.31. The van der Waals surface area contributed by atoms with Gasteiger partial charge in [-0.25, -0.2) is 5.43 Å². The number of nitrogens with zero attached hydrogens (tertiary/aromatic N) is 1. The van der Waals surface area contributed by atoms with Crippen molar-refractivity contribution in [2.24, 2.45) is 5.10 Å². The Morgan fingerprint density at radius 1 is 1.15 bits per heavy atom. The molecule has 9 heteroatoms. The van der Waals surface area contributed by atoms with E-state index in [0.717, 1.165) is 6.21 Å². The molecule has 0 heterocycles. The monoisotopic (exact) mass is 374 g/mol. The van der Waals surface area contributed by atoms with Crippen molar-refractivity contribution in [1.29, 1.82) is 0 Å². The summed E-state index contributed by atoms with van der Waals surface area (Å²) in [7, 11) is 1.40. The highest BCUT2D eigenvalue weighted by molar-refractivity contribution is 6.40. The summed E-state index contributed by atoms with van der Waals surface area (Å²) in [6, 6.07) is 10.4. The second kappa shape index (κ2) is 8.63. The lowest BCUT2D eigenvalue weighted by Gasteiger charge is -2.09. The molecule has 0 unspecified atom stereocenters. The number of ether oxygens (including phenoxy) is 1. The number of aromatic carboxylic acids is 1. The maximum Gasteiger partial charge on any atom is 0.329 e. The minimum atomic E-state index is -1.39. The van der Waals surface area contributed by atoms with Gasteiger partial charge in [0.15, 0.2) is 0 Å². The van der Waals surface area contributed by atoms with Crippen molar-refractivity contribution in [3.05, 3.63) is 58.6 Å². The average Bonchev–Trinajstić information content (AvgIpc) is 2.62. The lowest BCUT2D eigenvalue weighted by Crippen LogP contribution is -2.32. The van der Waals surface area contributed by atoms with Crippen LogP contribution in [0, 0.1) is 0 Å². The minimum absolute atomic E-state index is 0.0985. The maximum absolute atomic E-state index is 11.9. The molecule has 0 aliphatic heterocycles. The van der Waals surface area contributed by atoms with Crippen LogP contribution in [0.2, 0.25) is 5.02 Å². The highest BCUT2D eigenvalue weighted by atomic mass is 35.5. The van der Waals surface area contributed by atoms with Crippen molar-refractivity contribution in [2.75, 3.05) is 12.4 Å². The topological polar surface area (TPSA) is 120 Å². The predicted octanol–water partition coefficient (Wildman–Crippen LogP) is 0.801. The zero-order chi connectivity index (χ0) is 19.1. The van der Waals surface area contributed by atoms with Crippen LogP contribution >= 0.6 is 11.6 Å². The van der Waals surface area contributed by atoms with Crippen LogP contribution in [0.25, 0.3) is 0 Å². The number of nitrogens with one attached hydrogen (secondary N) is 2. The van der Waals surface area contributed by atoms with Gasteiger partial charge in [-0.1, -0.05) is 35.9 Å². The summed E-state index contributed by atoms with van der Waals surface area (Å²) < 4.78 is 5.06. The number of carboxylic acid groups (broad SMARTS) is 1. The van der Waals surface area contributed by atoms with E-state index in [0.29, 0.717) is 10.8 Å². The van der Waals surface area contributed by atoms with E-state index in [9.17, 15) is 19.5 Å². The van der Waals surface area contributed by atoms with Gasteiger partial charge in [0.1, 0.15) is 5.75 Å². The maximum atomic E-state index is 11.9. The number of methoxy groups -OCH3 is 1. The molecule has 2 N–H and O–H groups in total. The molecule has 0 saturated carbocycles. The number of anilines is 1. The third-order valence-electron chi connectivity index (χ3n) is 3.17. The number of halogens is 1. The average molecular weight is 375 g/mol. The van der Waals surface area contributed by atoms with Crippen LogP contribution in [-0.4, -0.2) is 31.1 Å². The lowest BCUT2D eigenvalue weighted by atomic mass is 10.1. The van der Waals surface area contributed by atoms with E-state index in [4.69, 9.17) is 16.3 Å². The first kappa shape index (κ1) is 18.9. The fourth-order valence-electron chi connectivity index (χ4n) is 1.96. The van der Waals surface area contributed by atoms with E-state index in [2.05, 4.69) is 10.4 Å². The first-order valence-electron chi connectivity index (χ1n) is 7.20. The standard InChI is InChI=1S/C17H14ClN3O5/c1-26-14-7-6-11(18)8-13(14)20-15(22)16(23)21-19-9-10-4-2-3-5-12(10)17(24)25/h2-9H,1H3,(H,20,22)(H,21,23)(H,24,25)/p-1/b19-9-. The van der Waals surface area contributed by atoms with E-state index < -0.39 is 17.8 Å². The third kappa shape index (κ3) is 4.81. The van der Waals surface area contributed by atoms with Crippen LogP contribution in [0.3, 0.4) is 0 Å². The van der Waals surface area contributed by atoms with Crippen molar-refractivity contribution >= 4 is 41.3 Å². The number of hydrogen-bond donors (Lipinski definition) is 2. The van der Waals surface area contributed by atoms with Gasteiger partial charge in [-0.2, -0.15) is 5.10 Å². The van der Waals surface area contributed by atoms with Gasteiger partial charge < -0.3 is 20.0 Å². The second-order valence-electron chi connectivity index (χ2n) is 4.87. The van der Waals surface area contributed by atoms with Gasteiger partial charge in [0, 0.05) is 16.1 Å². The number of hydrogen-bond acceptors (Lipinski definition) is 6. The highest BCUT2D eigenvalue weighted by Gasteiger charge is 2.15. The number of carbonyl (C=O) groups excluding carboxylic acids is 3. The summed E-state index contributed by atoms with van der Waals surface area (Å²) in [6.07, 6.45) is 1.09. The van der Waals surface area contributed by atoms with Gasteiger partial charge >= 0.3 is 11.8 Å². The molecule has 2 amide bonds. The Kier molecular flexibility index (Phi) is 6.29. The lowest BCUT2D eigenvalue weighted by molar-refractivity contribution is -0.255. The van der Waals surface area contributed by atoms with E-state index in [1.54, 1.807) is 12.1 Å². The van der Waals surface area contributed by atoms with Crippen LogP contribution in [0.4, 0.5) is 5.69 Å². The summed E-state index contributed by atoms with van der Waals surface area (Å²) in [6.45, 7) is 0. The first-order valence-corrected chi connectivity index (χ1v) is 7.58. The SMILES string of the molecule is COc1ccc(Cl)cc1NC(=O)C(=O)N/N=C\c1ccccc1C(=O)[O-]. The van der Waals surface area contributed by atoms with Crippen molar-refractivity contribution in [3.63, 3.8) is 0 Å². The Morgan fingerprint density at radius 2 is 1.88 bits per heavy atom. The number of benzene rings is 2. The van der Waals surface area contributed by atoms with Gasteiger partial charge in [-0.05, 0) is 18.2 Å². The summed E-state index contributed by atoms with van der Waals surface area (Å²) in [5.41, 5.74) is 2.33. The number of rotatable bonds is 5. The van der Waals surface area contributed by atoms with Crippen molar-refractivity contribution in [1.82, 2.24) is 5.43 Å². The van der Waals surface area contributed by atoms with Crippen LogP contribution in [0.1, 0.15) is 15.9 Å². The van der Waals surface area contributed by atoms with Gasteiger partial charge in [0.25, 0.3) is 0 Å². The molecule has 2 aromatic rings. The Hall–Kier alpha value is -3.39. The molecule has 0 aromatic heterocycles. The van der Waals surface area contributed by atoms with E-state index in [1.807, 2.05) is 5.43 Å². The molecule has 2 aromatic carbocycles. The fourth-order valence-corrected chi connectivity index (χ4v) is 2.14. The molecule has 0 saturated heterocycles. The summed E-state index contributed by atoms with van der Waals surface area (Å²) in [5, 5.41) is 17.2. The van der Waals surface area contributed by atoms with E-state index in [-0.39, 0.29) is 16.8 Å². The molecular weight excluding hydrogens is 362 g/mol. The van der Waals surface area contributed by atoms with Gasteiger partial charge in [0.05, 0.1) is 25.0 Å². The smallest absolute Gasteiger partial charge is 0.329 e. The number of carboxylic acids is 1. The van der Waals surface area contributed by atoms with E-state index >= 15 is 0 Å². The van der Waals surface area contributed by atoms with Gasteiger partial charge in [-0.15, -0.1) is 0 Å². The predicted molar refractivity (Wildman–Crippen MR) is 93.1 cm³/mol. The molecule has 2 rings (SSSR count). The molecule has 0 radical (unpaired) electrons. The fraction of sp³-hybridized carbons (Fsp3) is 0.0588. The minimum Gasteiger partial charge on any atom is -0.545 e. The molecule has 0 bridgehead atoms. The normalized spacial score (nSPS) is 10.4. The van der Waals surface area contributed by atoms with Crippen LogP contribution in [0.5, 0.6) is 5.75 Å². The summed E-state index contributed by atoms with van der Waals surface area (Å²) in [5.74, 6) is -3.13. The van der Waals surface area contributed by atoms with Crippen LogP contribution in [-0.2, 0) is 9.59 Å². The van der Waals surface area contributed by atoms with Gasteiger partial charge in [0.2, 0.25) is 0 Å². The molecule has 0 fully saturated rings. The third-order valence-corrected chi connectivity index (χ3v) is 3.40. The zero-order valence-electron chi connectivity index (χ0n) is 13.5. The molecule has 134 valence electrons.